The van der Waals surface area contributed by atoms with E-state index in [0.717, 1.165) is 48.9 Å². The molecule has 2 aromatic heterocycles. The van der Waals surface area contributed by atoms with Crippen molar-refractivity contribution >= 4 is 0 Å². The maximum absolute atomic E-state index is 5.94. The lowest BCUT2D eigenvalue weighted by Gasteiger charge is -2.18. The zero-order chi connectivity index (χ0) is 15.2. The van der Waals surface area contributed by atoms with E-state index in [2.05, 4.69) is 31.2 Å². The number of hydrogen-bond acceptors (Lipinski definition) is 4. The van der Waals surface area contributed by atoms with E-state index in [9.17, 15) is 0 Å². The second-order valence-corrected chi connectivity index (χ2v) is 4.97. The molecule has 0 saturated heterocycles. The van der Waals surface area contributed by atoms with E-state index in [0.29, 0.717) is 0 Å². The molecule has 0 amide bonds. The van der Waals surface area contributed by atoms with Crippen molar-refractivity contribution in [2.75, 3.05) is 13.7 Å². The van der Waals surface area contributed by atoms with E-state index in [-0.39, 0.29) is 6.04 Å². The van der Waals surface area contributed by atoms with Gasteiger partial charge in [-0.15, -0.1) is 0 Å². The minimum atomic E-state index is -0.0423. The smallest absolute Gasteiger partial charge is 0.162 e. The summed E-state index contributed by atoms with van der Waals surface area (Å²) in [4.78, 5) is 0. The molecule has 0 aliphatic carbocycles. The van der Waals surface area contributed by atoms with Crippen LogP contribution in [0.4, 0.5) is 0 Å². The number of nitrogens with one attached hydrogen (secondary N) is 1. The van der Waals surface area contributed by atoms with Gasteiger partial charge >= 0.3 is 0 Å². The number of ether oxygens (including phenoxy) is 1. The summed E-state index contributed by atoms with van der Waals surface area (Å²) in [6.45, 7) is 8.02. The van der Waals surface area contributed by atoms with Gasteiger partial charge in [-0.2, -0.15) is 5.10 Å². The summed E-state index contributed by atoms with van der Waals surface area (Å²) in [5.74, 6) is 2.70. The third-order valence-corrected chi connectivity index (χ3v) is 3.50. The minimum absolute atomic E-state index is 0.0423. The van der Waals surface area contributed by atoms with Crippen LogP contribution in [0.3, 0.4) is 0 Å². The van der Waals surface area contributed by atoms with Crippen molar-refractivity contribution in [3.05, 3.63) is 35.5 Å². The van der Waals surface area contributed by atoms with Gasteiger partial charge in [-0.05, 0) is 25.1 Å². The average molecular weight is 291 g/mol. The minimum Gasteiger partial charge on any atom is -0.493 e. The normalized spacial score (nSPS) is 12.6. The second kappa shape index (κ2) is 7.31. The highest BCUT2D eigenvalue weighted by Crippen LogP contribution is 2.31. The van der Waals surface area contributed by atoms with Crippen LogP contribution in [0.1, 0.15) is 50.4 Å². The van der Waals surface area contributed by atoms with Crippen molar-refractivity contribution in [2.45, 2.75) is 46.2 Å². The quantitative estimate of drug-likeness (QED) is 0.811. The van der Waals surface area contributed by atoms with Crippen LogP contribution in [-0.4, -0.2) is 23.4 Å². The lowest BCUT2D eigenvalue weighted by atomic mass is 10.1. The first-order valence-corrected chi connectivity index (χ1v) is 7.66. The molecular weight excluding hydrogens is 266 g/mol. The molecule has 5 nitrogen and oxygen atoms in total. The maximum Gasteiger partial charge on any atom is 0.162 e. The summed E-state index contributed by atoms with van der Waals surface area (Å²) in [6, 6.07) is 4.03. The number of aromatic nitrogens is 2. The van der Waals surface area contributed by atoms with E-state index < -0.39 is 0 Å². The molecule has 0 radical (unpaired) electrons. The first-order chi connectivity index (χ1) is 10.2. The van der Waals surface area contributed by atoms with Crippen LogP contribution < -0.4 is 10.1 Å². The van der Waals surface area contributed by atoms with Crippen LogP contribution in [0.2, 0.25) is 0 Å². The SMILES string of the molecule is CCCn1ncc(OC)c1C(NCC)c1ccc(CC)o1. The Morgan fingerprint density at radius 1 is 1.33 bits per heavy atom. The van der Waals surface area contributed by atoms with E-state index in [4.69, 9.17) is 9.15 Å². The molecule has 0 aliphatic heterocycles. The first kappa shape index (κ1) is 15.6. The Labute approximate surface area is 126 Å². The van der Waals surface area contributed by atoms with Gasteiger partial charge in [-0.1, -0.05) is 20.8 Å². The van der Waals surface area contributed by atoms with Gasteiger partial charge in [0.2, 0.25) is 0 Å². The van der Waals surface area contributed by atoms with Crippen LogP contribution in [0.15, 0.2) is 22.7 Å². The molecule has 1 N–H and O–H groups in total. The van der Waals surface area contributed by atoms with Gasteiger partial charge in [-0.3, -0.25) is 4.68 Å². The van der Waals surface area contributed by atoms with E-state index in [1.54, 1.807) is 13.3 Å². The fourth-order valence-corrected chi connectivity index (χ4v) is 2.49. The predicted octanol–water partition coefficient (Wildman–Crippen LogP) is 3.16. The van der Waals surface area contributed by atoms with Crippen molar-refractivity contribution in [3.63, 3.8) is 0 Å². The molecule has 1 atom stereocenters. The summed E-state index contributed by atoms with van der Waals surface area (Å²) in [7, 11) is 1.68. The molecule has 2 rings (SSSR count). The number of aryl methyl sites for hydroxylation is 2. The number of methoxy groups -OCH3 is 1. The van der Waals surface area contributed by atoms with Crippen molar-refractivity contribution in [1.82, 2.24) is 15.1 Å². The van der Waals surface area contributed by atoms with Crippen LogP contribution in [0.5, 0.6) is 5.75 Å². The molecule has 2 aromatic rings. The maximum atomic E-state index is 5.94. The zero-order valence-corrected chi connectivity index (χ0v) is 13.3. The summed E-state index contributed by atoms with van der Waals surface area (Å²) in [6.07, 6.45) is 3.69. The molecule has 2 heterocycles. The molecule has 0 fully saturated rings. The van der Waals surface area contributed by atoms with Gasteiger partial charge < -0.3 is 14.5 Å². The zero-order valence-electron chi connectivity index (χ0n) is 13.3. The Morgan fingerprint density at radius 2 is 2.14 bits per heavy atom. The Balaban J connectivity index is 2.43. The summed E-state index contributed by atoms with van der Waals surface area (Å²) in [5, 5.41) is 7.92. The summed E-state index contributed by atoms with van der Waals surface area (Å²) < 4.78 is 13.4. The molecule has 21 heavy (non-hydrogen) atoms. The number of nitrogens with zero attached hydrogens (tertiary/aromatic N) is 2. The monoisotopic (exact) mass is 291 g/mol. The van der Waals surface area contributed by atoms with Gasteiger partial charge in [0.25, 0.3) is 0 Å². The highest BCUT2D eigenvalue weighted by Gasteiger charge is 2.25. The Hall–Kier alpha value is -1.75. The second-order valence-electron chi connectivity index (χ2n) is 4.97. The van der Waals surface area contributed by atoms with Gasteiger partial charge in [-0.25, -0.2) is 0 Å². The van der Waals surface area contributed by atoms with Gasteiger partial charge in [0.1, 0.15) is 23.3 Å². The third kappa shape index (κ3) is 3.29. The number of hydrogen-bond donors (Lipinski definition) is 1. The van der Waals surface area contributed by atoms with Crippen molar-refractivity contribution in [3.8, 4) is 5.75 Å². The third-order valence-electron chi connectivity index (χ3n) is 3.50. The molecule has 0 aliphatic rings. The molecule has 0 spiro atoms. The van der Waals surface area contributed by atoms with E-state index >= 15 is 0 Å². The van der Waals surface area contributed by atoms with Gasteiger partial charge in [0, 0.05) is 13.0 Å². The number of rotatable bonds is 8. The molecule has 0 saturated carbocycles. The highest BCUT2D eigenvalue weighted by atomic mass is 16.5. The molecule has 1 unspecified atom stereocenters. The molecule has 0 aromatic carbocycles. The molecule has 0 bridgehead atoms. The topological polar surface area (TPSA) is 52.2 Å². The van der Waals surface area contributed by atoms with Crippen molar-refractivity contribution < 1.29 is 9.15 Å². The van der Waals surface area contributed by atoms with Crippen LogP contribution >= 0.6 is 0 Å². The Kier molecular flexibility index (Phi) is 5.44. The lowest BCUT2D eigenvalue weighted by Crippen LogP contribution is -2.25. The standard InChI is InChI=1S/C16H25N3O2/c1-5-10-19-16(14(20-4)11-18-19)15(17-7-3)13-9-8-12(6-2)21-13/h8-9,11,15,17H,5-7,10H2,1-4H3. The predicted molar refractivity (Wildman–Crippen MR) is 82.7 cm³/mol. The van der Waals surface area contributed by atoms with Crippen LogP contribution in [-0.2, 0) is 13.0 Å². The Bertz CT molecular complexity index is 560. The fourth-order valence-electron chi connectivity index (χ4n) is 2.49. The van der Waals surface area contributed by atoms with Crippen molar-refractivity contribution in [1.29, 1.82) is 0 Å². The highest BCUT2D eigenvalue weighted by molar-refractivity contribution is 5.33. The summed E-state index contributed by atoms with van der Waals surface area (Å²) in [5.41, 5.74) is 1.03. The lowest BCUT2D eigenvalue weighted by molar-refractivity contribution is 0.377. The molecule has 116 valence electrons. The van der Waals surface area contributed by atoms with E-state index in [1.807, 2.05) is 16.8 Å². The van der Waals surface area contributed by atoms with Crippen LogP contribution in [0.25, 0.3) is 0 Å². The Morgan fingerprint density at radius 3 is 2.71 bits per heavy atom. The number of furan rings is 1. The van der Waals surface area contributed by atoms with E-state index in [1.165, 1.54) is 0 Å². The first-order valence-electron chi connectivity index (χ1n) is 7.66. The largest absolute Gasteiger partial charge is 0.493 e. The molecule has 5 heteroatoms. The van der Waals surface area contributed by atoms with Crippen molar-refractivity contribution in [2.24, 2.45) is 0 Å². The average Bonchev–Trinajstić information content (AvgIpc) is 3.12. The van der Waals surface area contributed by atoms with Gasteiger partial charge in [0.15, 0.2) is 5.75 Å². The molecular formula is C16H25N3O2. The van der Waals surface area contributed by atoms with Crippen LogP contribution in [0, 0.1) is 0 Å². The summed E-state index contributed by atoms with van der Waals surface area (Å²) >= 11 is 0. The van der Waals surface area contributed by atoms with Gasteiger partial charge in [0.05, 0.1) is 13.3 Å². The fraction of sp³-hybridized carbons (Fsp3) is 0.562.